The van der Waals surface area contributed by atoms with Gasteiger partial charge in [0, 0.05) is 24.5 Å². The number of likely N-dealkylation sites (tertiary alicyclic amines) is 1. The predicted molar refractivity (Wildman–Crippen MR) is 111 cm³/mol. The van der Waals surface area contributed by atoms with E-state index >= 15 is 0 Å². The Hall–Kier alpha value is -3.42. The average Bonchev–Trinajstić information content (AvgIpc) is 3.36. The minimum atomic E-state index is -0.529. The standard InChI is InChI=1S/C23H22FN5O2/c1-13-3-6-20(25-9-13)31-19-8-15-7-18(19)29(12-15)23(30)21-17(5-4-14(2)28-21)22-26-10-16(24)11-27-22/h3-6,9-11,15,18-19H,7-8,12H2,1-2H3. The number of aromatic nitrogens is 4. The van der Waals surface area contributed by atoms with Crippen molar-refractivity contribution < 1.29 is 13.9 Å². The number of aryl methyl sites for hydroxylation is 2. The Kier molecular flexibility index (Phi) is 4.84. The summed E-state index contributed by atoms with van der Waals surface area (Å²) < 4.78 is 19.4. The lowest BCUT2D eigenvalue weighted by molar-refractivity contribution is 0.0462. The first-order chi connectivity index (χ1) is 15.0. The molecule has 3 atom stereocenters. The van der Waals surface area contributed by atoms with E-state index in [9.17, 15) is 9.18 Å². The highest BCUT2D eigenvalue weighted by Gasteiger charge is 2.49. The van der Waals surface area contributed by atoms with E-state index in [2.05, 4.69) is 19.9 Å². The number of halogens is 1. The molecule has 0 radical (unpaired) electrons. The van der Waals surface area contributed by atoms with Crippen LogP contribution in [0.2, 0.25) is 0 Å². The third kappa shape index (κ3) is 3.73. The molecular formula is C23H22FN5O2. The van der Waals surface area contributed by atoms with E-state index in [0.29, 0.717) is 23.9 Å². The van der Waals surface area contributed by atoms with Gasteiger partial charge in [-0.1, -0.05) is 6.07 Å². The Balaban J connectivity index is 1.42. The molecule has 3 aromatic heterocycles. The highest BCUT2D eigenvalue weighted by atomic mass is 19.1. The molecule has 31 heavy (non-hydrogen) atoms. The van der Waals surface area contributed by atoms with Crippen LogP contribution in [0.5, 0.6) is 5.88 Å². The van der Waals surface area contributed by atoms with Crippen molar-refractivity contribution in [3.05, 3.63) is 65.6 Å². The van der Waals surface area contributed by atoms with Crippen LogP contribution in [0.15, 0.2) is 42.9 Å². The third-order valence-corrected chi connectivity index (χ3v) is 5.94. The third-order valence-electron chi connectivity index (χ3n) is 5.94. The highest BCUT2D eigenvalue weighted by Crippen LogP contribution is 2.40. The number of carbonyl (C=O) groups excluding carboxylic acids is 1. The molecule has 1 saturated carbocycles. The molecule has 3 unspecified atom stereocenters. The van der Waals surface area contributed by atoms with Crippen molar-refractivity contribution in [1.82, 2.24) is 24.8 Å². The summed E-state index contributed by atoms with van der Waals surface area (Å²) in [5.41, 5.74) is 2.57. The summed E-state index contributed by atoms with van der Waals surface area (Å²) in [5.74, 6) is 0.533. The summed E-state index contributed by atoms with van der Waals surface area (Å²) in [7, 11) is 0. The number of amides is 1. The van der Waals surface area contributed by atoms with Crippen molar-refractivity contribution in [3.8, 4) is 17.3 Å². The number of fused-ring (bicyclic) bond motifs is 2. The molecule has 5 rings (SSSR count). The molecule has 2 fully saturated rings. The maximum absolute atomic E-state index is 13.6. The molecule has 2 aliphatic rings. The van der Waals surface area contributed by atoms with Crippen molar-refractivity contribution in [2.75, 3.05) is 6.54 Å². The maximum Gasteiger partial charge on any atom is 0.273 e. The monoisotopic (exact) mass is 419 g/mol. The van der Waals surface area contributed by atoms with Crippen LogP contribution in [0.1, 0.15) is 34.6 Å². The van der Waals surface area contributed by atoms with E-state index in [-0.39, 0.29) is 29.6 Å². The molecule has 8 heteroatoms. The van der Waals surface area contributed by atoms with E-state index in [1.165, 1.54) is 0 Å². The number of carbonyl (C=O) groups is 1. The molecule has 0 aromatic carbocycles. The maximum atomic E-state index is 13.6. The molecule has 0 spiro atoms. The number of nitrogens with zero attached hydrogens (tertiary/aromatic N) is 5. The molecule has 1 saturated heterocycles. The number of ether oxygens (including phenoxy) is 1. The Bertz CT molecular complexity index is 1120. The van der Waals surface area contributed by atoms with Gasteiger partial charge in [-0.2, -0.15) is 0 Å². The number of pyridine rings is 2. The topological polar surface area (TPSA) is 81.1 Å². The van der Waals surface area contributed by atoms with Gasteiger partial charge in [0.05, 0.1) is 24.0 Å². The normalized spacial score (nSPS) is 22.0. The lowest BCUT2D eigenvalue weighted by atomic mass is 10.1. The molecule has 7 nitrogen and oxygen atoms in total. The van der Waals surface area contributed by atoms with Gasteiger partial charge < -0.3 is 9.64 Å². The van der Waals surface area contributed by atoms with E-state index in [0.717, 1.165) is 36.5 Å². The molecule has 3 aromatic rings. The summed E-state index contributed by atoms with van der Waals surface area (Å²) in [6, 6.07) is 7.35. The van der Waals surface area contributed by atoms with Gasteiger partial charge in [0.15, 0.2) is 11.6 Å². The summed E-state index contributed by atoms with van der Waals surface area (Å²) in [5, 5.41) is 0. The lowest BCUT2D eigenvalue weighted by Gasteiger charge is -2.33. The second-order valence-corrected chi connectivity index (χ2v) is 8.27. The van der Waals surface area contributed by atoms with Crippen molar-refractivity contribution in [3.63, 3.8) is 0 Å². The minimum absolute atomic E-state index is 0.0371. The fraction of sp³-hybridized carbons (Fsp3) is 0.348. The van der Waals surface area contributed by atoms with E-state index in [4.69, 9.17) is 4.74 Å². The summed E-state index contributed by atoms with van der Waals surface area (Å²) in [6.07, 6.45) is 5.65. The Morgan fingerprint density at radius 1 is 1.06 bits per heavy atom. The zero-order valence-corrected chi connectivity index (χ0v) is 17.3. The number of hydrogen-bond acceptors (Lipinski definition) is 6. The Morgan fingerprint density at radius 2 is 1.87 bits per heavy atom. The fourth-order valence-electron chi connectivity index (χ4n) is 4.49. The van der Waals surface area contributed by atoms with Crippen LogP contribution in [0, 0.1) is 25.6 Å². The lowest BCUT2D eigenvalue weighted by Crippen LogP contribution is -2.47. The fourth-order valence-corrected chi connectivity index (χ4v) is 4.49. The van der Waals surface area contributed by atoms with Crippen LogP contribution < -0.4 is 4.74 Å². The second-order valence-electron chi connectivity index (χ2n) is 8.27. The van der Waals surface area contributed by atoms with Crippen LogP contribution >= 0.6 is 0 Å². The van der Waals surface area contributed by atoms with Crippen molar-refractivity contribution in [2.45, 2.75) is 38.8 Å². The van der Waals surface area contributed by atoms with Crippen molar-refractivity contribution >= 4 is 5.91 Å². The predicted octanol–water partition coefficient (Wildman–Crippen LogP) is 3.37. The molecular weight excluding hydrogens is 397 g/mol. The Labute approximate surface area is 179 Å². The van der Waals surface area contributed by atoms with Crippen LogP contribution in [0.25, 0.3) is 11.4 Å². The summed E-state index contributed by atoms with van der Waals surface area (Å²) in [4.78, 5) is 32.3. The van der Waals surface area contributed by atoms with Crippen molar-refractivity contribution in [1.29, 1.82) is 0 Å². The molecule has 1 aliphatic carbocycles. The smallest absolute Gasteiger partial charge is 0.273 e. The van der Waals surface area contributed by atoms with E-state index in [1.54, 1.807) is 18.3 Å². The SMILES string of the molecule is Cc1ccc(OC2CC3CC2N(C(=O)c2nc(C)ccc2-c2ncc(F)cn2)C3)nc1. The average molecular weight is 419 g/mol. The first-order valence-corrected chi connectivity index (χ1v) is 10.3. The molecule has 158 valence electrons. The molecule has 1 amide bonds. The summed E-state index contributed by atoms with van der Waals surface area (Å²) >= 11 is 0. The largest absolute Gasteiger partial charge is 0.472 e. The second kappa shape index (κ2) is 7.68. The van der Waals surface area contributed by atoms with Crippen molar-refractivity contribution in [2.24, 2.45) is 5.92 Å². The first-order valence-electron chi connectivity index (χ1n) is 10.3. The molecule has 0 N–H and O–H groups in total. The van der Waals surface area contributed by atoms with Crippen LogP contribution in [0.4, 0.5) is 4.39 Å². The van der Waals surface area contributed by atoms with Gasteiger partial charge in [0.25, 0.3) is 5.91 Å². The number of hydrogen-bond donors (Lipinski definition) is 0. The summed E-state index contributed by atoms with van der Waals surface area (Å²) in [6.45, 7) is 4.48. The minimum Gasteiger partial charge on any atom is -0.472 e. The highest BCUT2D eigenvalue weighted by molar-refractivity contribution is 5.98. The number of piperidine rings is 1. The van der Waals surface area contributed by atoms with Crippen LogP contribution in [-0.2, 0) is 0 Å². The van der Waals surface area contributed by atoms with Crippen LogP contribution in [0.3, 0.4) is 0 Å². The van der Waals surface area contributed by atoms with Crippen LogP contribution in [-0.4, -0.2) is 49.4 Å². The van der Waals surface area contributed by atoms with Gasteiger partial charge in [-0.05, 0) is 50.3 Å². The van der Waals surface area contributed by atoms with E-state index < -0.39 is 5.82 Å². The molecule has 2 bridgehead atoms. The molecule has 1 aliphatic heterocycles. The molecule has 4 heterocycles. The zero-order chi connectivity index (χ0) is 21.5. The quantitative estimate of drug-likeness (QED) is 0.645. The first kappa shape index (κ1) is 19.5. The van der Waals surface area contributed by atoms with Gasteiger partial charge in [0.2, 0.25) is 5.88 Å². The van der Waals surface area contributed by atoms with E-state index in [1.807, 2.05) is 30.9 Å². The zero-order valence-electron chi connectivity index (χ0n) is 17.3. The van der Waals surface area contributed by atoms with Gasteiger partial charge in [-0.15, -0.1) is 0 Å². The van der Waals surface area contributed by atoms with Gasteiger partial charge in [-0.3, -0.25) is 4.79 Å². The Morgan fingerprint density at radius 3 is 2.58 bits per heavy atom. The number of rotatable bonds is 4. The van der Waals surface area contributed by atoms with Gasteiger partial charge >= 0.3 is 0 Å². The van der Waals surface area contributed by atoms with Gasteiger partial charge in [-0.25, -0.2) is 24.3 Å². The van der Waals surface area contributed by atoms with Gasteiger partial charge in [0.1, 0.15) is 11.8 Å².